The first-order chi connectivity index (χ1) is 13.6. The third-order valence-electron chi connectivity index (χ3n) is 5.00. The second-order valence-corrected chi connectivity index (χ2v) is 7.43. The van der Waals surface area contributed by atoms with Crippen molar-refractivity contribution in [1.82, 2.24) is 10.2 Å². The molecule has 0 unspecified atom stereocenters. The van der Waals surface area contributed by atoms with Crippen molar-refractivity contribution < 1.29 is 9.53 Å². The SMILES string of the molecule is COc1ccc([C@H](C)NC(=S)Nc2ccc(C(=O)N3CCCCC3)cc2)cc1. The predicted octanol–water partition coefficient (Wildman–Crippen LogP) is 4.37. The second-order valence-electron chi connectivity index (χ2n) is 7.02. The van der Waals surface area contributed by atoms with E-state index in [-0.39, 0.29) is 11.9 Å². The number of piperidine rings is 1. The standard InChI is InChI=1S/C22H27N3O2S/c1-16(17-8-12-20(27-2)13-9-17)23-22(28)24-19-10-6-18(7-11-19)21(26)25-14-4-3-5-15-25/h6-13,16H,3-5,14-15H2,1-2H3,(H2,23,24,28)/t16-/m0/s1. The lowest BCUT2D eigenvalue weighted by Gasteiger charge is -2.26. The summed E-state index contributed by atoms with van der Waals surface area (Å²) in [5, 5.41) is 7.00. The van der Waals surface area contributed by atoms with Gasteiger partial charge in [-0.15, -0.1) is 0 Å². The number of rotatable bonds is 5. The summed E-state index contributed by atoms with van der Waals surface area (Å²) in [6.07, 6.45) is 3.40. The van der Waals surface area contributed by atoms with Gasteiger partial charge in [-0.2, -0.15) is 0 Å². The molecule has 2 aromatic rings. The van der Waals surface area contributed by atoms with Gasteiger partial charge in [0.25, 0.3) is 5.91 Å². The number of amides is 1. The number of nitrogens with zero attached hydrogens (tertiary/aromatic N) is 1. The highest BCUT2D eigenvalue weighted by Gasteiger charge is 2.18. The van der Waals surface area contributed by atoms with Crippen LogP contribution in [0.15, 0.2) is 48.5 Å². The highest BCUT2D eigenvalue weighted by atomic mass is 32.1. The molecule has 3 rings (SSSR count). The van der Waals surface area contributed by atoms with Gasteiger partial charge in [-0.25, -0.2) is 0 Å². The van der Waals surface area contributed by atoms with Gasteiger partial charge in [-0.3, -0.25) is 4.79 Å². The molecule has 1 heterocycles. The molecule has 1 aliphatic heterocycles. The Kier molecular flexibility index (Phi) is 6.87. The second kappa shape index (κ2) is 9.55. The van der Waals surface area contributed by atoms with Crippen LogP contribution in [0.5, 0.6) is 5.75 Å². The van der Waals surface area contributed by atoms with Crippen LogP contribution in [-0.2, 0) is 0 Å². The third kappa shape index (κ3) is 5.23. The fourth-order valence-electron chi connectivity index (χ4n) is 3.32. The number of benzene rings is 2. The van der Waals surface area contributed by atoms with Crippen LogP contribution in [0.25, 0.3) is 0 Å². The zero-order valence-electron chi connectivity index (χ0n) is 16.4. The average Bonchev–Trinajstić information content (AvgIpc) is 2.74. The number of ether oxygens (including phenoxy) is 1. The topological polar surface area (TPSA) is 53.6 Å². The molecule has 0 spiro atoms. The van der Waals surface area contributed by atoms with Crippen molar-refractivity contribution in [3.05, 3.63) is 59.7 Å². The minimum absolute atomic E-state index is 0.0610. The van der Waals surface area contributed by atoms with Crippen LogP contribution >= 0.6 is 12.2 Å². The molecular weight excluding hydrogens is 370 g/mol. The molecule has 2 aromatic carbocycles. The van der Waals surface area contributed by atoms with Crippen molar-refractivity contribution in [3.8, 4) is 5.75 Å². The molecule has 28 heavy (non-hydrogen) atoms. The molecule has 1 atom stereocenters. The lowest BCUT2D eigenvalue weighted by molar-refractivity contribution is 0.0724. The number of thiocarbonyl (C=S) groups is 1. The van der Waals surface area contributed by atoms with Gasteiger partial charge >= 0.3 is 0 Å². The van der Waals surface area contributed by atoms with Crippen LogP contribution < -0.4 is 15.4 Å². The molecule has 1 amide bonds. The van der Waals surface area contributed by atoms with Crippen molar-refractivity contribution in [2.45, 2.75) is 32.2 Å². The summed E-state index contributed by atoms with van der Waals surface area (Å²) in [4.78, 5) is 14.5. The third-order valence-corrected chi connectivity index (χ3v) is 5.22. The van der Waals surface area contributed by atoms with E-state index in [0.29, 0.717) is 5.11 Å². The summed E-state index contributed by atoms with van der Waals surface area (Å²) in [5.41, 5.74) is 2.69. The molecule has 1 fully saturated rings. The Balaban J connectivity index is 1.54. The number of hydrogen-bond acceptors (Lipinski definition) is 3. The van der Waals surface area contributed by atoms with E-state index in [1.807, 2.05) is 53.4 Å². The summed E-state index contributed by atoms with van der Waals surface area (Å²) in [7, 11) is 1.65. The molecule has 0 saturated carbocycles. The number of hydrogen-bond donors (Lipinski definition) is 2. The summed E-state index contributed by atoms with van der Waals surface area (Å²) >= 11 is 5.43. The van der Waals surface area contributed by atoms with Gasteiger partial charge in [0.1, 0.15) is 5.75 Å². The van der Waals surface area contributed by atoms with Crippen LogP contribution in [0.3, 0.4) is 0 Å². The van der Waals surface area contributed by atoms with E-state index >= 15 is 0 Å². The molecule has 2 N–H and O–H groups in total. The Bertz CT molecular complexity index is 800. The fraction of sp³-hybridized carbons (Fsp3) is 0.364. The minimum atomic E-state index is 0.0610. The highest BCUT2D eigenvalue weighted by molar-refractivity contribution is 7.80. The Hall–Kier alpha value is -2.60. The number of carbonyl (C=O) groups is 1. The van der Waals surface area contributed by atoms with Crippen LogP contribution in [0, 0.1) is 0 Å². The van der Waals surface area contributed by atoms with E-state index < -0.39 is 0 Å². The Labute approximate surface area is 172 Å². The minimum Gasteiger partial charge on any atom is -0.497 e. The molecule has 0 bridgehead atoms. The zero-order chi connectivity index (χ0) is 19.9. The molecule has 0 aliphatic carbocycles. The van der Waals surface area contributed by atoms with E-state index in [2.05, 4.69) is 17.6 Å². The largest absolute Gasteiger partial charge is 0.497 e. The molecule has 148 valence electrons. The van der Waals surface area contributed by atoms with Crippen LogP contribution in [0.2, 0.25) is 0 Å². The van der Waals surface area contributed by atoms with E-state index in [0.717, 1.165) is 48.5 Å². The molecule has 1 aliphatic rings. The zero-order valence-corrected chi connectivity index (χ0v) is 17.2. The Morgan fingerprint density at radius 3 is 2.29 bits per heavy atom. The van der Waals surface area contributed by atoms with Gasteiger partial charge < -0.3 is 20.3 Å². The van der Waals surface area contributed by atoms with E-state index in [4.69, 9.17) is 17.0 Å². The van der Waals surface area contributed by atoms with Crippen molar-refractivity contribution in [1.29, 1.82) is 0 Å². The van der Waals surface area contributed by atoms with Gasteiger partial charge in [0.2, 0.25) is 0 Å². The molecule has 5 nitrogen and oxygen atoms in total. The molecule has 6 heteroatoms. The summed E-state index contributed by atoms with van der Waals surface area (Å²) < 4.78 is 5.19. The van der Waals surface area contributed by atoms with Crippen LogP contribution in [0.1, 0.15) is 48.1 Å². The molecule has 0 aromatic heterocycles. The first-order valence-electron chi connectivity index (χ1n) is 9.67. The fourth-order valence-corrected chi connectivity index (χ4v) is 3.61. The van der Waals surface area contributed by atoms with Crippen molar-refractivity contribution in [3.63, 3.8) is 0 Å². The van der Waals surface area contributed by atoms with Gasteiger partial charge in [0.05, 0.1) is 13.2 Å². The molecule has 0 radical (unpaired) electrons. The number of nitrogens with one attached hydrogen (secondary N) is 2. The summed E-state index contributed by atoms with van der Waals surface area (Å²) in [5.74, 6) is 0.941. The maximum Gasteiger partial charge on any atom is 0.253 e. The lowest BCUT2D eigenvalue weighted by Crippen LogP contribution is -2.35. The van der Waals surface area contributed by atoms with Crippen LogP contribution in [-0.4, -0.2) is 36.1 Å². The quantitative estimate of drug-likeness (QED) is 0.734. The van der Waals surface area contributed by atoms with E-state index in [1.165, 1.54) is 6.42 Å². The highest BCUT2D eigenvalue weighted by Crippen LogP contribution is 2.18. The van der Waals surface area contributed by atoms with E-state index in [1.54, 1.807) is 7.11 Å². The number of likely N-dealkylation sites (tertiary alicyclic amines) is 1. The Morgan fingerprint density at radius 2 is 1.68 bits per heavy atom. The first kappa shape index (κ1) is 20.1. The first-order valence-corrected chi connectivity index (χ1v) is 10.1. The maximum absolute atomic E-state index is 12.5. The van der Waals surface area contributed by atoms with E-state index in [9.17, 15) is 4.79 Å². The number of carbonyl (C=O) groups excluding carboxylic acids is 1. The van der Waals surface area contributed by atoms with Gasteiger partial charge in [-0.05, 0) is 80.4 Å². The summed E-state index contributed by atoms with van der Waals surface area (Å²) in [6.45, 7) is 3.77. The number of methoxy groups -OCH3 is 1. The van der Waals surface area contributed by atoms with Crippen molar-refractivity contribution in [2.75, 3.05) is 25.5 Å². The summed E-state index contributed by atoms with van der Waals surface area (Å²) in [6, 6.07) is 15.5. The normalized spacial score (nSPS) is 14.9. The molecular formula is C22H27N3O2S. The van der Waals surface area contributed by atoms with Crippen molar-refractivity contribution >= 4 is 28.9 Å². The smallest absolute Gasteiger partial charge is 0.253 e. The van der Waals surface area contributed by atoms with Gasteiger partial charge in [0, 0.05) is 24.3 Å². The maximum atomic E-state index is 12.5. The van der Waals surface area contributed by atoms with Gasteiger partial charge in [0.15, 0.2) is 5.11 Å². The Morgan fingerprint density at radius 1 is 1.04 bits per heavy atom. The average molecular weight is 398 g/mol. The predicted molar refractivity (Wildman–Crippen MR) is 117 cm³/mol. The van der Waals surface area contributed by atoms with Crippen molar-refractivity contribution in [2.24, 2.45) is 0 Å². The number of anilines is 1. The lowest BCUT2D eigenvalue weighted by atomic mass is 10.1. The molecule has 1 saturated heterocycles. The van der Waals surface area contributed by atoms with Crippen LogP contribution in [0.4, 0.5) is 5.69 Å². The van der Waals surface area contributed by atoms with Gasteiger partial charge in [-0.1, -0.05) is 12.1 Å². The monoisotopic (exact) mass is 397 g/mol.